The molecule has 2 rings (SSSR count). The minimum absolute atomic E-state index is 0.214. The first-order chi connectivity index (χ1) is 8.20. The van der Waals surface area contributed by atoms with Gasteiger partial charge in [0.1, 0.15) is 0 Å². The number of aryl methyl sites for hydroxylation is 1. The van der Waals surface area contributed by atoms with Crippen LogP contribution in [0.25, 0.3) is 0 Å². The highest BCUT2D eigenvalue weighted by molar-refractivity contribution is 5.73. The maximum absolute atomic E-state index is 11.3. The summed E-state index contributed by atoms with van der Waals surface area (Å²) < 4.78 is 0. The van der Waals surface area contributed by atoms with E-state index >= 15 is 0 Å². The Kier molecular flexibility index (Phi) is 3.82. The number of rotatable bonds is 2. The van der Waals surface area contributed by atoms with Gasteiger partial charge in [0.05, 0.1) is 0 Å². The van der Waals surface area contributed by atoms with Crippen molar-refractivity contribution in [1.29, 1.82) is 0 Å². The Bertz CT molecular complexity index is 392. The number of hydrogen-bond donors (Lipinski definition) is 0. The average Bonchev–Trinajstić information content (AvgIpc) is 2.39. The summed E-state index contributed by atoms with van der Waals surface area (Å²) in [6.07, 6.45) is 3.31. The van der Waals surface area contributed by atoms with Crippen molar-refractivity contribution < 1.29 is 4.79 Å². The summed E-state index contributed by atoms with van der Waals surface area (Å²) in [5.41, 5.74) is 2.86. The van der Waals surface area contributed by atoms with E-state index in [1.165, 1.54) is 11.1 Å². The van der Waals surface area contributed by atoms with Crippen molar-refractivity contribution in [3.63, 3.8) is 0 Å². The summed E-state index contributed by atoms with van der Waals surface area (Å²) in [6, 6.07) is 8.90. The molecule has 17 heavy (non-hydrogen) atoms. The van der Waals surface area contributed by atoms with Gasteiger partial charge in [0.15, 0.2) is 0 Å². The summed E-state index contributed by atoms with van der Waals surface area (Å²) in [5.74, 6) is 0.850. The number of nitrogens with zero attached hydrogens (tertiary/aromatic N) is 1. The Balaban J connectivity index is 2.02. The zero-order valence-electron chi connectivity index (χ0n) is 10.8. The van der Waals surface area contributed by atoms with Crippen LogP contribution in [-0.4, -0.2) is 23.9 Å². The number of carbonyl (C=O) groups is 1. The first-order valence-corrected chi connectivity index (χ1v) is 6.55. The molecule has 1 aliphatic heterocycles. The van der Waals surface area contributed by atoms with Crippen LogP contribution < -0.4 is 0 Å². The first-order valence-electron chi connectivity index (χ1n) is 6.55. The topological polar surface area (TPSA) is 20.3 Å². The molecule has 0 spiro atoms. The summed E-state index contributed by atoms with van der Waals surface area (Å²) in [5, 5.41) is 0. The van der Waals surface area contributed by atoms with Gasteiger partial charge >= 0.3 is 0 Å². The fourth-order valence-corrected chi connectivity index (χ4v) is 2.59. The molecule has 1 aliphatic rings. The molecule has 2 nitrogen and oxygen atoms in total. The maximum Gasteiger partial charge on any atom is 0.219 e. The fourth-order valence-electron chi connectivity index (χ4n) is 2.59. The van der Waals surface area contributed by atoms with Gasteiger partial charge in [-0.15, -0.1) is 0 Å². The Morgan fingerprint density at radius 1 is 1.35 bits per heavy atom. The van der Waals surface area contributed by atoms with Crippen molar-refractivity contribution >= 4 is 5.91 Å². The van der Waals surface area contributed by atoms with Gasteiger partial charge in [-0.1, -0.05) is 31.2 Å². The third-order valence-corrected chi connectivity index (χ3v) is 3.77. The third kappa shape index (κ3) is 2.87. The van der Waals surface area contributed by atoms with E-state index in [0.717, 1.165) is 32.4 Å². The van der Waals surface area contributed by atoms with Crippen molar-refractivity contribution in [3.05, 3.63) is 35.4 Å². The van der Waals surface area contributed by atoms with E-state index in [-0.39, 0.29) is 5.91 Å². The summed E-state index contributed by atoms with van der Waals surface area (Å²) in [6.45, 7) is 5.68. The summed E-state index contributed by atoms with van der Waals surface area (Å²) in [4.78, 5) is 13.2. The van der Waals surface area contributed by atoms with Crippen LogP contribution in [-0.2, 0) is 11.2 Å². The molecule has 0 saturated carbocycles. The monoisotopic (exact) mass is 231 g/mol. The second-order valence-corrected chi connectivity index (χ2v) is 4.88. The molecule has 0 bridgehead atoms. The van der Waals surface area contributed by atoms with Crippen LogP contribution in [0.5, 0.6) is 0 Å². The van der Waals surface area contributed by atoms with Gasteiger partial charge in [-0.3, -0.25) is 4.79 Å². The van der Waals surface area contributed by atoms with Crippen LogP contribution in [0.1, 0.15) is 43.7 Å². The van der Waals surface area contributed by atoms with E-state index in [4.69, 9.17) is 0 Å². The number of carbonyl (C=O) groups excluding carboxylic acids is 1. The van der Waals surface area contributed by atoms with E-state index in [1.807, 2.05) is 4.90 Å². The highest BCUT2D eigenvalue weighted by Crippen LogP contribution is 2.28. The lowest BCUT2D eigenvalue weighted by molar-refractivity contribution is -0.129. The van der Waals surface area contributed by atoms with Gasteiger partial charge in [0.2, 0.25) is 5.91 Å². The predicted molar refractivity (Wildman–Crippen MR) is 70.0 cm³/mol. The van der Waals surface area contributed by atoms with Crippen molar-refractivity contribution in [2.45, 2.75) is 39.0 Å². The molecule has 0 radical (unpaired) electrons. The quantitative estimate of drug-likeness (QED) is 0.766. The second-order valence-electron chi connectivity index (χ2n) is 4.88. The van der Waals surface area contributed by atoms with E-state index < -0.39 is 0 Å². The normalized spacial score (nSPS) is 17.2. The zero-order chi connectivity index (χ0) is 12.3. The van der Waals surface area contributed by atoms with E-state index in [0.29, 0.717) is 5.92 Å². The Hall–Kier alpha value is -1.31. The van der Waals surface area contributed by atoms with Crippen molar-refractivity contribution in [2.24, 2.45) is 0 Å². The molecular weight excluding hydrogens is 210 g/mol. The molecule has 0 unspecified atom stereocenters. The van der Waals surface area contributed by atoms with Gasteiger partial charge in [-0.25, -0.2) is 0 Å². The molecule has 1 aromatic rings. The number of likely N-dealkylation sites (tertiary alicyclic amines) is 1. The van der Waals surface area contributed by atoms with Crippen LogP contribution in [0, 0.1) is 0 Å². The molecule has 0 aromatic heterocycles. The standard InChI is InChI=1S/C15H21NO/c1-3-13-5-4-6-15(11-13)14-7-9-16(10-8-14)12(2)17/h4-6,11,14H,3,7-10H2,1-2H3. The minimum Gasteiger partial charge on any atom is -0.343 e. The largest absolute Gasteiger partial charge is 0.343 e. The Morgan fingerprint density at radius 3 is 2.65 bits per heavy atom. The van der Waals surface area contributed by atoms with Gasteiger partial charge in [0, 0.05) is 20.0 Å². The lowest BCUT2D eigenvalue weighted by Crippen LogP contribution is -2.36. The molecule has 1 saturated heterocycles. The van der Waals surface area contributed by atoms with Gasteiger partial charge < -0.3 is 4.90 Å². The predicted octanol–water partition coefficient (Wildman–Crippen LogP) is 2.97. The third-order valence-electron chi connectivity index (χ3n) is 3.77. The van der Waals surface area contributed by atoms with Crippen molar-refractivity contribution in [3.8, 4) is 0 Å². The van der Waals surface area contributed by atoms with Crippen molar-refractivity contribution in [1.82, 2.24) is 4.90 Å². The molecule has 1 fully saturated rings. The SMILES string of the molecule is CCc1cccc(C2CCN(C(C)=O)CC2)c1. The smallest absolute Gasteiger partial charge is 0.219 e. The van der Waals surface area contributed by atoms with Crippen LogP contribution >= 0.6 is 0 Å². The summed E-state index contributed by atoms with van der Waals surface area (Å²) in [7, 11) is 0. The van der Waals surface area contributed by atoms with Crippen LogP contribution in [0.2, 0.25) is 0 Å². The molecule has 0 N–H and O–H groups in total. The Morgan fingerprint density at radius 2 is 2.06 bits per heavy atom. The molecule has 1 heterocycles. The van der Waals surface area contributed by atoms with Crippen molar-refractivity contribution in [2.75, 3.05) is 13.1 Å². The first kappa shape index (κ1) is 12.2. The average molecular weight is 231 g/mol. The lowest BCUT2D eigenvalue weighted by atomic mass is 9.88. The van der Waals surface area contributed by atoms with Crippen LogP contribution in [0.4, 0.5) is 0 Å². The molecule has 92 valence electrons. The molecular formula is C15H21NO. The molecule has 1 aromatic carbocycles. The maximum atomic E-state index is 11.3. The van der Waals surface area contributed by atoms with Gasteiger partial charge in [-0.05, 0) is 36.3 Å². The number of piperidine rings is 1. The van der Waals surface area contributed by atoms with Gasteiger partial charge in [0.25, 0.3) is 0 Å². The summed E-state index contributed by atoms with van der Waals surface area (Å²) >= 11 is 0. The van der Waals surface area contributed by atoms with E-state index in [2.05, 4.69) is 31.2 Å². The van der Waals surface area contributed by atoms with E-state index in [9.17, 15) is 4.79 Å². The zero-order valence-corrected chi connectivity index (χ0v) is 10.8. The second kappa shape index (κ2) is 5.35. The number of hydrogen-bond acceptors (Lipinski definition) is 1. The number of benzene rings is 1. The number of amides is 1. The highest BCUT2D eigenvalue weighted by Gasteiger charge is 2.21. The lowest BCUT2D eigenvalue weighted by Gasteiger charge is -2.31. The molecule has 1 amide bonds. The highest BCUT2D eigenvalue weighted by atomic mass is 16.2. The fraction of sp³-hybridized carbons (Fsp3) is 0.533. The molecule has 2 heteroatoms. The van der Waals surface area contributed by atoms with Crippen LogP contribution in [0.3, 0.4) is 0 Å². The minimum atomic E-state index is 0.214. The molecule has 0 atom stereocenters. The Labute approximate surface area is 104 Å². The van der Waals surface area contributed by atoms with Crippen LogP contribution in [0.15, 0.2) is 24.3 Å². The van der Waals surface area contributed by atoms with Gasteiger partial charge in [-0.2, -0.15) is 0 Å². The van der Waals surface area contributed by atoms with E-state index in [1.54, 1.807) is 6.92 Å². The molecule has 0 aliphatic carbocycles.